The van der Waals surface area contributed by atoms with Crippen molar-refractivity contribution in [1.82, 2.24) is 19.5 Å². The highest BCUT2D eigenvalue weighted by molar-refractivity contribution is 5.88. The number of ether oxygens (including phenoxy) is 1. The maximum absolute atomic E-state index is 14.0. The lowest BCUT2D eigenvalue weighted by molar-refractivity contribution is -0.141. The normalized spacial score (nSPS) is 30.5. The number of piperidine rings is 1. The molecule has 0 radical (unpaired) electrons. The Morgan fingerprint density at radius 3 is 2.84 bits per heavy atom. The molecular formula is C23H24FN5O2. The zero-order valence-electron chi connectivity index (χ0n) is 17.3. The van der Waals surface area contributed by atoms with Crippen LogP contribution in [0.25, 0.3) is 5.65 Å². The molecule has 0 aliphatic carbocycles. The topological polar surface area (TPSA) is 63.0 Å². The molecule has 3 aromatic rings. The summed E-state index contributed by atoms with van der Waals surface area (Å²) in [5, 5.41) is 4.15. The average Bonchev–Trinajstić information content (AvgIpc) is 3.44. The van der Waals surface area contributed by atoms with Gasteiger partial charge in [0.1, 0.15) is 12.0 Å². The van der Waals surface area contributed by atoms with Crippen molar-refractivity contribution >= 4 is 17.4 Å². The van der Waals surface area contributed by atoms with Gasteiger partial charge in [0.25, 0.3) is 5.91 Å². The Hall–Kier alpha value is -3.00. The first-order valence-electron chi connectivity index (χ1n) is 10.9. The summed E-state index contributed by atoms with van der Waals surface area (Å²) < 4.78 is 22.0. The summed E-state index contributed by atoms with van der Waals surface area (Å²) in [5.41, 5.74) is 0.601. The van der Waals surface area contributed by atoms with E-state index in [1.54, 1.807) is 6.20 Å². The van der Waals surface area contributed by atoms with Crippen molar-refractivity contribution in [3.8, 4) is 0 Å². The number of halogens is 1. The van der Waals surface area contributed by atoms with Crippen LogP contribution in [0.1, 0.15) is 44.2 Å². The molecule has 1 spiro atoms. The molecule has 2 aromatic heterocycles. The van der Waals surface area contributed by atoms with Gasteiger partial charge in [0.2, 0.25) is 0 Å². The van der Waals surface area contributed by atoms with Crippen LogP contribution in [0.4, 0.5) is 10.2 Å². The minimum absolute atomic E-state index is 0.0331. The van der Waals surface area contributed by atoms with E-state index in [1.165, 1.54) is 16.3 Å². The predicted molar refractivity (Wildman–Crippen MR) is 112 cm³/mol. The lowest BCUT2D eigenvalue weighted by Gasteiger charge is -2.43. The first kappa shape index (κ1) is 18.7. The quantitative estimate of drug-likeness (QED) is 0.635. The molecule has 3 aliphatic rings. The second kappa shape index (κ2) is 6.75. The fraction of sp³-hybridized carbons (Fsp3) is 0.435. The molecular weight excluding hydrogens is 397 g/mol. The highest BCUT2D eigenvalue weighted by Gasteiger charge is 2.59. The van der Waals surface area contributed by atoms with Gasteiger partial charge in [0.05, 0.1) is 12.2 Å². The molecule has 8 heteroatoms. The number of hydrogen-bond donors (Lipinski definition) is 0. The van der Waals surface area contributed by atoms with E-state index < -0.39 is 11.4 Å². The van der Waals surface area contributed by atoms with Crippen molar-refractivity contribution in [2.24, 2.45) is 0 Å². The second-order valence-electron chi connectivity index (χ2n) is 8.81. The van der Waals surface area contributed by atoms with E-state index in [4.69, 9.17) is 4.74 Å². The van der Waals surface area contributed by atoms with Crippen LogP contribution < -0.4 is 4.90 Å². The van der Waals surface area contributed by atoms with Crippen LogP contribution in [-0.2, 0) is 9.53 Å². The number of nitrogens with zero attached hydrogens (tertiary/aromatic N) is 5. The van der Waals surface area contributed by atoms with Crippen LogP contribution in [0.3, 0.4) is 0 Å². The zero-order valence-corrected chi connectivity index (χ0v) is 17.3. The molecule has 4 atom stereocenters. The van der Waals surface area contributed by atoms with E-state index in [-0.39, 0.29) is 29.9 Å². The first-order chi connectivity index (χ1) is 15.1. The number of rotatable bonds is 2. The molecule has 3 aliphatic heterocycles. The number of carbonyl (C=O) groups is 1. The Kier molecular flexibility index (Phi) is 4.08. The molecule has 0 N–H and O–H groups in total. The number of benzene rings is 1. The van der Waals surface area contributed by atoms with Crippen molar-refractivity contribution in [1.29, 1.82) is 0 Å². The predicted octanol–water partition coefficient (Wildman–Crippen LogP) is 3.32. The van der Waals surface area contributed by atoms with Crippen LogP contribution in [-0.4, -0.2) is 49.8 Å². The Morgan fingerprint density at radius 2 is 2.03 bits per heavy atom. The summed E-state index contributed by atoms with van der Waals surface area (Å²) in [5.74, 6) is 0.453. The fourth-order valence-corrected chi connectivity index (χ4v) is 5.64. The smallest absolute Gasteiger partial charge is 0.257 e. The maximum Gasteiger partial charge on any atom is 0.257 e. The number of amides is 1. The molecule has 1 aromatic carbocycles. The molecule has 1 amide bonds. The van der Waals surface area contributed by atoms with Crippen LogP contribution in [0, 0.1) is 5.82 Å². The van der Waals surface area contributed by atoms with E-state index in [9.17, 15) is 9.18 Å². The monoisotopic (exact) mass is 421 g/mol. The van der Waals surface area contributed by atoms with Gasteiger partial charge in [-0.2, -0.15) is 9.61 Å². The molecule has 0 saturated carbocycles. The summed E-state index contributed by atoms with van der Waals surface area (Å²) >= 11 is 0. The highest BCUT2D eigenvalue weighted by atomic mass is 19.1. The molecule has 3 saturated heterocycles. The molecule has 3 fully saturated rings. The Balaban J connectivity index is 1.27. The van der Waals surface area contributed by atoms with E-state index >= 15 is 0 Å². The van der Waals surface area contributed by atoms with Gasteiger partial charge >= 0.3 is 0 Å². The van der Waals surface area contributed by atoms with Crippen molar-refractivity contribution < 1.29 is 13.9 Å². The summed E-state index contributed by atoms with van der Waals surface area (Å²) in [6.07, 6.45) is 5.62. The number of aromatic nitrogens is 3. The van der Waals surface area contributed by atoms with Crippen molar-refractivity contribution in [2.75, 3.05) is 11.4 Å². The maximum atomic E-state index is 14.0. The summed E-state index contributed by atoms with van der Waals surface area (Å²) in [4.78, 5) is 21.9. The van der Waals surface area contributed by atoms with E-state index in [1.807, 2.05) is 29.2 Å². The number of anilines is 1. The number of carbonyl (C=O) groups excluding carboxylic acids is 1. The van der Waals surface area contributed by atoms with Crippen LogP contribution in [0.15, 0.2) is 48.8 Å². The van der Waals surface area contributed by atoms with E-state index in [0.29, 0.717) is 19.4 Å². The minimum Gasteiger partial charge on any atom is -0.353 e. The molecule has 1 unspecified atom stereocenters. The zero-order chi connectivity index (χ0) is 21.2. The van der Waals surface area contributed by atoms with Crippen LogP contribution in [0.5, 0.6) is 0 Å². The van der Waals surface area contributed by atoms with Crippen molar-refractivity contribution in [3.63, 3.8) is 0 Å². The minimum atomic E-state index is -0.782. The lowest BCUT2D eigenvalue weighted by Crippen LogP contribution is -2.54. The van der Waals surface area contributed by atoms with Gasteiger partial charge in [0, 0.05) is 31.6 Å². The van der Waals surface area contributed by atoms with E-state index in [0.717, 1.165) is 18.7 Å². The molecule has 160 valence electrons. The fourth-order valence-electron chi connectivity index (χ4n) is 5.64. The molecule has 0 bridgehead atoms. The third-order valence-electron chi connectivity index (χ3n) is 7.05. The van der Waals surface area contributed by atoms with Gasteiger partial charge in [-0.1, -0.05) is 30.3 Å². The Labute approximate surface area is 179 Å². The summed E-state index contributed by atoms with van der Waals surface area (Å²) in [7, 11) is 0. The van der Waals surface area contributed by atoms with Crippen LogP contribution >= 0.6 is 0 Å². The standard InChI is InChI=1S/C23H24FN5O2/c1-15-13-23(10-12-27(15)19-9-11-25-21-17(24)14-26-29(19)21)22(30)28-18(7-8-20(28)31-23)16-5-3-2-4-6-16/h2-6,9,11,14-15,18,20H,7-8,10,12-13H2,1H3/t15?,18-,20+,23+/m0/s1. The van der Waals surface area contributed by atoms with Crippen LogP contribution in [0.2, 0.25) is 0 Å². The SMILES string of the molecule is CC1C[C@@]2(CCN1c1ccnc3c(F)cnn13)O[C@@H]1CC[C@@H](c3ccccc3)N1C2=O. The van der Waals surface area contributed by atoms with E-state index in [2.05, 4.69) is 34.0 Å². The largest absolute Gasteiger partial charge is 0.353 e. The summed E-state index contributed by atoms with van der Waals surface area (Å²) in [6, 6.07) is 12.2. The molecule has 5 heterocycles. The molecule has 7 nitrogen and oxygen atoms in total. The summed E-state index contributed by atoms with van der Waals surface area (Å²) in [6.45, 7) is 2.71. The third kappa shape index (κ3) is 2.70. The second-order valence-corrected chi connectivity index (χ2v) is 8.81. The molecule has 6 rings (SSSR count). The lowest BCUT2D eigenvalue weighted by atomic mass is 9.85. The van der Waals surface area contributed by atoms with Gasteiger partial charge in [-0.3, -0.25) is 4.79 Å². The Morgan fingerprint density at radius 1 is 1.19 bits per heavy atom. The number of fused-ring (bicyclic) bond motifs is 2. The van der Waals surface area contributed by atoms with Gasteiger partial charge in [-0.25, -0.2) is 9.37 Å². The average molecular weight is 421 g/mol. The van der Waals surface area contributed by atoms with Gasteiger partial charge in [-0.15, -0.1) is 0 Å². The third-order valence-corrected chi connectivity index (χ3v) is 7.05. The highest BCUT2D eigenvalue weighted by Crippen LogP contribution is 2.48. The Bertz CT molecular complexity index is 1150. The number of hydrogen-bond acceptors (Lipinski definition) is 5. The van der Waals surface area contributed by atoms with Gasteiger partial charge in [0.15, 0.2) is 17.1 Å². The van der Waals surface area contributed by atoms with Crippen molar-refractivity contribution in [2.45, 2.75) is 56.5 Å². The van der Waals surface area contributed by atoms with Crippen molar-refractivity contribution in [3.05, 3.63) is 60.2 Å². The van der Waals surface area contributed by atoms with Gasteiger partial charge < -0.3 is 14.5 Å². The first-order valence-corrected chi connectivity index (χ1v) is 10.9. The molecule has 31 heavy (non-hydrogen) atoms. The van der Waals surface area contributed by atoms with Gasteiger partial charge in [-0.05, 0) is 31.4 Å².